The van der Waals surface area contributed by atoms with Crippen LogP contribution in [0.15, 0.2) is 36.4 Å². The lowest BCUT2D eigenvalue weighted by atomic mass is 9.86. The molecule has 0 aromatic heterocycles. The van der Waals surface area contributed by atoms with Gasteiger partial charge < -0.3 is 9.84 Å². The first-order valence-electron chi connectivity index (χ1n) is 5.91. The highest BCUT2D eigenvalue weighted by atomic mass is 16.5. The summed E-state index contributed by atoms with van der Waals surface area (Å²) in [4.78, 5) is 11.0. The number of hydrogen-bond donors (Lipinski definition) is 1. The van der Waals surface area contributed by atoms with E-state index in [-0.39, 0.29) is 0 Å². The van der Waals surface area contributed by atoms with Crippen molar-refractivity contribution in [2.75, 3.05) is 6.61 Å². The summed E-state index contributed by atoms with van der Waals surface area (Å²) in [5.74, 6) is -0.0139. The molecule has 0 amide bonds. The first-order chi connectivity index (χ1) is 8.31. The van der Waals surface area contributed by atoms with Crippen LogP contribution in [-0.4, -0.2) is 17.7 Å². The molecular formula is C15H20O3. The Balaban J connectivity index is 2.66. The maximum atomic E-state index is 11.0. The molecule has 0 unspecified atom stereocenters. The zero-order chi connectivity index (χ0) is 13.8. The molecule has 0 fully saturated rings. The SMILES string of the molecule is C=C(C)COc1ccc(CC(C)(C)C(=O)O)cc1. The van der Waals surface area contributed by atoms with Gasteiger partial charge in [0.05, 0.1) is 5.41 Å². The number of rotatable bonds is 6. The molecule has 3 heteroatoms. The van der Waals surface area contributed by atoms with E-state index in [0.29, 0.717) is 13.0 Å². The Bertz CT molecular complexity index is 430. The Morgan fingerprint density at radius 3 is 2.33 bits per heavy atom. The van der Waals surface area contributed by atoms with Crippen LogP contribution in [0.5, 0.6) is 5.75 Å². The predicted molar refractivity (Wildman–Crippen MR) is 71.9 cm³/mol. The molecule has 0 aliphatic heterocycles. The third kappa shape index (κ3) is 4.24. The molecule has 18 heavy (non-hydrogen) atoms. The van der Waals surface area contributed by atoms with Gasteiger partial charge in [-0.3, -0.25) is 4.79 Å². The molecule has 98 valence electrons. The van der Waals surface area contributed by atoms with E-state index >= 15 is 0 Å². The van der Waals surface area contributed by atoms with Gasteiger partial charge in [0.2, 0.25) is 0 Å². The second kappa shape index (κ2) is 5.71. The van der Waals surface area contributed by atoms with Gasteiger partial charge in [0.1, 0.15) is 12.4 Å². The largest absolute Gasteiger partial charge is 0.489 e. The van der Waals surface area contributed by atoms with E-state index in [4.69, 9.17) is 9.84 Å². The first kappa shape index (κ1) is 14.3. The summed E-state index contributed by atoms with van der Waals surface area (Å²) in [6, 6.07) is 7.52. The maximum Gasteiger partial charge on any atom is 0.309 e. The van der Waals surface area contributed by atoms with Crippen molar-refractivity contribution in [2.45, 2.75) is 27.2 Å². The van der Waals surface area contributed by atoms with Crippen molar-refractivity contribution in [1.29, 1.82) is 0 Å². The van der Waals surface area contributed by atoms with Crippen LogP contribution in [0, 0.1) is 5.41 Å². The average molecular weight is 248 g/mol. The number of benzene rings is 1. The number of ether oxygens (including phenoxy) is 1. The first-order valence-corrected chi connectivity index (χ1v) is 5.91. The highest BCUT2D eigenvalue weighted by Gasteiger charge is 2.27. The van der Waals surface area contributed by atoms with Crippen LogP contribution < -0.4 is 4.74 Å². The molecule has 1 aromatic rings. The van der Waals surface area contributed by atoms with Gasteiger partial charge in [-0.1, -0.05) is 18.7 Å². The van der Waals surface area contributed by atoms with Gasteiger partial charge in [-0.25, -0.2) is 0 Å². The van der Waals surface area contributed by atoms with Crippen LogP contribution in [0.25, 0.3) is 0 Å². The zero-order valence-corrected chi connectivity index (χ0v) is 11.2. The minimum atomic E-state index is -0.787. The minimum absolute atomic E-state index is 0.500. The molecule has 0 aliphatic rings. The molecule has 0 heterocycles. The van der Waals surface area contributed by atoms with Gasteiger partial charge in [0.25, 0.3) is 0 Å². The van der Waals surface area contributed by atoms with Crippen molar-refractivity contribution in [2.24, 2.45) is 5.41 Å². The zero-order valence-electron chi connectivity index (χ0n) is 11.2. The van der Waals surface area contributed by atoms with Gasteiger partial charge in [-0.15, -0.1) is 0 Å². The summed E-state index contributed by atoms with van der Waals surface area (Å²) in [5.41, 5.74) is 1.20. The van der Waals surface area contributed by atoms with E-state index in [1.165, 1.54) is 0 Å². The van der Waals surface area contributed by atoms with Crippen molar-refractivity contribution in [3.05, 3.63) is 42.0 Å². The second-order valence-electron chi connectivity index (χ2n) is 5.26. The lowest BCUT2D eigenvalue weighted by molar-refractivity contribution is -0.146. The number of hydrogen-bond acceptors (Lipinski definition) is 2. The summed E-state index contributed by atoms with van der Waals surface area (Å²) in [6.07, 6.45) is 0.503. The summed E-state index contributed by atoms with van der Waals surface area (Å²) in [5, 5.41) is 9.07. The van der Waals surface area contributed by atoms with E-state index in [1.54, 1.807) is 13.8 Å². The molecule has 0 saturated carbocycles. The van der Waals surface area contributed by atoms with E-state index in [9.17, 15) is 4.79 Å². The second-order valence-corrected chi connectivity index (χ2v) is 5.26. The third-order valence-corrected chi connectivity index (χ3v) is 2.63. The van der Waals surface area contributed by atoms with Crippen LogP contribution in [0.2, 0.25) is 0 Å². The minimum Gasteiger partial charge on any atom is -0.489 e. The summed E-state index contributed by atoms with van der Waals surface area (Å²) < 4.78 is 5.48. The molecule has 0 spiro atoms. The Morgan fingerprint density at radius 2 is 1.89 bits per heavy atom. The molecule has 1 aromatic carbocycles. The van der Waals surface area contributed by atoms with Crippen LogP contribution in [0.4, 0.5) is 0 Å². The number of aliphatic carboxylic acids is 1. The normalized spacial score (nSPS) is 11.1. The molecule has 1 N–H and O–H groups in total. The monoisotopic (exact) mass is 248 g/mol. The van der Waals surface area contributed by atoms with Crippen LogP contribution in [0.3, 0.4) is 0 Å². The Kier molecular flexibility index (Phi) is 4.54. The number of carbonyl (C=O) groups is 1. The van der Waals surface area contributed by atoms with Crippen molar-refractivity contribution in [3.63, 3.8) is 0 Å². The van der Waals surface area contributed by atoms with Gasteiger partial charge in [0.15, 0.2) is 0 Å². The molecule has 3 nitrogen and oxygen atoms in total. The van der Waals surface area contributed by atoms with Crippen molar-refractivity contribution >= 4 is 5.97 Å². The third-order valence-electron chi connectivity index (χ3n) is 2.63. The van der Waals surface area contributed by atoms with Crippen molar-refractivity contribution in [1.82, 2.24) is 0 Å². The number of carboxylic acid groups (broad SMARTS) is 1. The lowest BCUT2D eigenvalue weighted by Gasteiger charge is -2.19. The molecule has 0 radical (unpaired) electrons. The van der Waals surface area contributed by atoms with Crippen molar-refractivity contribution < 1.29 is 14.6 Å². The molecular weight excluding hydrogens is 228 g/mol. The van der Waals surface area contributed by atoms with Gasteiger partial charge in [0, 0.05) is 0 Å². The van der Waals surface area contributed by atoms with E-state index in [0.717, 1.165) is 16.9 Å². The molecule has 0 atom stereocenters. The maximum absolute atomic E-state index is 11.0. The fourth-order valence-electron chi connectivity index (χ4n) is 1.50. The predicted octanol–water partition coefficient (Wildman–Crippen LogP) is 3.29. The molecule has 0 aliphatic carbocycles. The highest BCUT2D eigenvalue weighted by Crippen LogP contribution is 2.23. The van der Waals surface area contributed by atoms with Gasteiger partial charge >= 0.3 is 5.97 Å². The van der Waals surface area contributed by atoms with Gasteiger partial charge in [-0.2, -0.15) is 0 Å². The van der Waals surface area contributed by atoms with Crippen molar-refractivity contribution in [3.8, 4) is 5.75 Å². The fourth-order valence-corrected chi connectivity index (χ4v) is 1.50. The molecule has 1 rings (SSSR count). The highest BCUT2D eigenvalue weighted by molar-refractivity contribution is 5.74. The summed E-state index contributed by atoms with van der Waals surface area (Å²) in [7, 11) is 0. The van der Waals surface area contributed by atoms with Crippen LogP contribution >= 0.6 is 0 Å². The van der Waals surface area contributed by atoms with Crippen LogP contribution in [-0.2, 0) is 11.2 Å². The van der Waals surface area contributed by atoms with E-state index in [1.807, 2.05) is 31.2 Å². The Morgan fingerprint density at radius 1 is 1.33 bits per heavy atom. The van der Waals surface area contributed by atoms with Gasteiger partial charge in [-0.05, 0) is 50.5 Å². The lowest BCUT2D eigenvalue weighted by Crippen LogP contribution is -2.26. The van der Waals surface area contributed by atoms with E-state index < -0.39 is 11.4 Å². The quantitative estimate of drug-likeness (QED) is 0.786. The molecule has 0 bridgehead atoms. The number of carboxylic acids is 1. The Labute approximate surface area is 108 Å². The smallest absolute Gasteiger partial charge is 0.309 e. The van der Waals surface area contributed by atoms with Crippen LogP contribution in [0.1, 0.15) is 26.3 Å². The van der Waals surface area contributed by atoms with E-state index in [2.05, 4.69) is 6.58 Å². The summed E-state index contributed by atoms with van der Waals surface area (Å²) >= 11 is 0. The topological polar surface area (TPSA) is 46.5 Å². The summed E-state index contributed by atoms with van der Waals surface area (Å²) in [6.45, 7) is 9.62. The molecule has 0 saturated heterocycles. The Hall–Kier alpha value is -1.77. The standard InChI is InChI=1S/C15H20O3/c1-11(2)10-18-13-7-5-12(6-8-13)9-15(3,4)14(16)17/h5-8H,1,9-10H2,2-4H3,(H,16,17). The fraction of sp³-hybridized carbons (Fsp3) is 0.400. The average Bonchev–Trinajstić information content (AvgIpc) is 2.27.